The van der Waals surface area contributed by atoms with Crippen molar-refractivity contribution in [1.82, 2.24) is 14.9 Å². The van der Waals surface area contributed by atoms with Gasteiger partial charge in [0, 0.05) is 19.0 Å². The van der Waals surface area contributed by atoms with E-state index in [4.69, 9.17) is 16.6 Å². The van der Waals surface area contributed by atoms with Gasteiger partial charge in [-0.15, -0.1) is 0 Å². The number of hydrogen-bond donors (Lipinski definition) is 1. The number of fused-ring (bicyclic) bond motifs is 1. The Morgan fingerprint density at radius 1 is 1.37 bits per heavy atom. The number of imidazole rings is 1. The predicted octanol–water partition coefficient (Wildman–Crippen LogP) is 3.64. The van der Waals surface area contributed by atoms with Crippen LogP contribution in [-0.2, 0) is 13.0 Å². The Balaban J connectivity index is 2.42. The smallest absolute Gasteiger partial charge is 0.111 e. The fourth-order valence-corrected chi connectivity index (χ4v) is 2.78. The third-order valence-electron chi connectivity index (χ3n) is 3.29. The highest BCUT2D eigenvalue weighted by atomic mass is 35.5. The first-order chi connectivity index (χ1) is 9.17. The Kier molecular flexibility index (Phi) is 4.83. The fourth-order valence-electron chi connectivity index (χ4n) is 2.50. The van der Waals surface area contributed by atoms with Gasteiger partial charge in [-0.2, -0.15) is 0 Å². The fraction of sp³-hybridized carbons (Fsp3) is 0.533. The highest BCUT2D eigenvalue weighted by Crippen LogP contribution is 2.25. The molecule has 19 heavy (non-hydrogen) atoms. The number of nitrogens with one attached hydrogen (secondary N) is 1. The van der Waals surface area contributed by atoms with E-state index in [0.29, 0.717) is 6.04 Å². The molecule has 0 aliphatic heterocycles. The van der Waals surface area contributed by atoms with Crippen molar-refractivity contribution in [2.24, 2.45) is 0 Å². The summed E-state index contributed by atoms with van der Waals surface area (Å²) in [6.45, 7) is 8.45. The van der Waals surface area contributed by atoms with Gasteiger partial charge < -0.3 is 9.88 Å². The standard InChI is InChI=1S/C15H22ClN3/c1-4-9-19-14(10-11(3)17-5-2)18-13-8-6-7-12(16)15(13)19/h6-8,11,17H,4-5,9-10H2,1-3H3. The maximum Gasteiger partial charge on any atom is 0.111 e. The largest absolute Gasteiger partial charge is 0.327 e. The summed E-state index contributed by atoms with van der Waals surface area (Å²) in [5, 5.41) is 4.23. The van der Waals surface area contributed by atoms with Crippen LogP contribution in [0.15, 0.2) is 18.2 Å². The van der Waals surface area contributed by atoms with Gasteiger partial charge in [0.05, 0.1) is 16.1 Å². The molecule has 1 aromatic carbocycles. The second-order valence-corrected chi connectivity index (χ2v) is 5.36. The van der Waals surface area contributed by atoms with Crippen LogP contribution in [0.2, 0.25) is 5.02 Å². The molecule has 0 radical (unpaired) electrons. The molecule has 0 bridgehead atoms. The zero-order valence-electron chi connectivity index (χ0n) is 11.9. The topological polar surface area (TPSA) is 29.9 Å². The van der Waals surface area contributed by atoms with E-state index < -0.39 is 0 Å². The Labute approximate surface area is 120 Å². The highest BCUT2D eigenvalue weighted by Gasteiger charge is 2.14. The van der Waals surface area contributed by atoms with Crippen molar-refractivity contribution in [1.29, 1.82) is 0 Å². The number of benzene rings is 1. The lowest BCUT2D eigenvalue weighted by atomic mass is 10.2. The molecule has 0 aliphatic rings. The molecule has 2 aromatic rings. The molecular formula is C15H22ClN3. The van der Waals surface area contributed by atoms with Crippen LogP contribution in [0, 0.1) is 0 Å². The molecule has 104 valence electrons. The number of para-hydroxylation sites is 1. The van der Waals surface area contributed by atoms with Gasteiger partial charge in [0.15, 0.2) is 0 Å². The van der Waals surface area contributed by atoms with Crippen LogP contribution < -0.4 is 5.32 Å². The first kappa shape index (κ1) is 14.4. The minimum Gasteiger partial charge on any atom is -0.327 e. The number of likely N-dealkylation sites (N-methyl/N-ethyl adjacent to an activating group) is 1. The molecule has 0 aliphatic carbocycles. The van der Waals surface area contributed by atoms with Crippen LogP contribution in [0.3, 0.4) is 0 Å². The normalized spacial score (nSPS) is 13.1. The average molecular weight is 280 g/mol. The summed E-state index contributed by atoms with van der Waals surface area (Å²) in [4.78, 5) is 4.75. The number of aromatic nitrogens is 2. The molecule has 1 N–H and O–H groups in total. The van der Waals surface area contributed by atoms with Crippen LogP contribution in [0.1, 0.15) is 33.0 Å². The molecular weight excluding hydrogens is 258 g/mol. The van der Waals surface area contributed by atoms with E-state index in [2.05, 4.69) is 30.7 Å². The molecule has 0 saturated carbocycles. The third kappa shape index (κ3) is 3.10. The van der Waals surface area contributed by atoms with Crippen molar-refractivity contribution >= 4 is 22.6 Å². The van der Waals surface area contributed by atoms with E-state index in [0.717, 1.165) is 47.8 Å². The minimum atomic E-state index is 0.427. The zero-order valence-corrected chi connectivity index (χ0v) is 12.7. The van der Waals surface area contributed by atoms with Crippen molar-refractivity contribution in [3.05, 3.63) is 29.0 Å². The zero-order chi connectivity index (χ0) is 13.8. The maximum atomic E-state index is 6.33. The van der Waals surface area contributed by atoms with Gasteiger partial charge in [-0.1, -0.05) is 31.5 Å². The van der Waals surface area contributed by atoms with Gasteiger partial charge in [0.1, 0.15) is 5.82 Å². The monoisotopic (exact) mass is 279 g/mol. The van der Waals surface area contributed by atoms with Crippen LogP contribution in [0.5, 0.6) is 0 Å². The first-order valence-corrected chi connectivity index (χ1v) is 7.42. The lowest BCUT2D eigenvalue weighted by Crippen LogP contribution is -2.28. The van der Waals surface area contributed by atoms with Crippen molar-refractivity contribution in [3.63, 3.8) is 0 Å². The van der Waals surface area contributed by atoms with E-state index >= 15 is 0 Å². The van der Waals surface area contributed by atoms with Crippen molar-refractivity contribution < 1.29 is 0 Å². The number of halogens is 1. The average Bonchev–Trinajstić information content (AvgIpc) is 2.69. The molecule has 4 heteroatoms. The van der Waals surface area contributed by atoms with E-state index in [1.807, 2.05) is 18.2 Å². The van der Waals surface area contributed by atoms with E-state index in [1.54, 1.807) is 0 Å². The van der Waals surface area contributed by atoms with Gasteiger partial charge in [-0.3, -0.25) is 0 Å². The Bertz CT molecular complexity index is 548. The van der Waals surface area contributed by atoms with E-state index in [9.17, 15) is 0 Å². The molecule has 1 aromatic heterocycles. The predicted molar refractivity (Wildman–Crippen MR) is 81.9 cm³/mol. The molecule has 0 amide bonds. The molecule has 0 fully saturated rings. The van der Waals surface area contributed by atoms with Crippen LogP contribution >= 0.6 is 11.6 Å². The van der Waals surface area contributed by atoms with Gasteiger partial charge in [-0.05, 0) is 32.0 Å². The van der Waals surface area contributed by atoms with Crippen LogP contribution in [0.25, 0.3) is 11.0 Å². The molecule has 3 nitrogen and oxygen atoms in total. The summed E-state index contributed by atoms with van der Waals surface area (Å²) in [7, 11) is 0. The van der Waals surface area contributed by atoms with E-state index in [1.165, 1.54) is 0 Å². The van der Waals surface area contributed by atoms with Gasteiger partial charge in [-0.25, -0.2) is 4.98 Å². The number of rotatable bonds is 6. The van der Waals surface area contributed by atoms with Crippen LogP contribution in [-0.4, -0.2) is 22.1 Å². The Morgan fingerprint density at radius 3 is 2.84 bits per heavy atom. The van der Waals surface area contributed by atoms with E-state index in [-0.39, 0.29) is 0 Å². The molecule has 1 heterocycles. The van der Waals surface area contributed by atoms with Gasteiger partial charge >= 0.3 is 0 Å². The number of aryl methyl sites for hydroxylation is 1. The molecule has 0 spiro atoms. The van der Waals surface area contributed by atoms with Crippen LogP contribution in [0.4, 0.5) is 0 Å². The molecule has 2 rings (SSSR count). The van der Waals surface area contributed by atoms with Gasteiger partial charge in [0.25, 0.3) is 0 Å². The third-order valence-corrected chi connectivity index (χ3v) is 3.59. The second-order valence-electron chi connectivity index (χ2n) is 4.95. The summed E-state index contributed by atoms with van der Waals surface area (Å²) in [5.41, 5.74) is 2.07. The first-order valence-electron chi connectivity index (χ1n) is 7.04. The molecule has 1 atom stereocenters. The maximum absolute atomic E-state index is 6.33. The number of hydrogen-bond acceptors (Lipinski definition) is 2. The van der Waals surface area contributed by atoms with Gasteiger partial charge in [0.2, 0.25) is 0 Å². The Hall–Kier alpha value is -1.06. The lowest BCUT2D eigenvalue weighted by Gasteiger charge is -2.13. The summed E-state index contributed by atoms with van der Waals surface area (Å²) in [5.74, 6) is 1.12. The molecule has 1 unspecified atom stereocenters. The summed E-state index contributed by atoms with van der Waals surface area (Å²) < 4.78 is 2.27. The Morgan fingerprint density at radius 2 is 2.16 bits per heavy atom. The minimum absolute atomic E-state index is 0.427. The summed E-state index contributed by atoms with van der Waals surface area (Å²) >= 11 is 6.33. The lowest BCUT2D eigenvalue weighted by molar-refractivity contribution is 0.532. The summed E-state index contributed by atoms with van der Waals surface area (Å²) in [6, 6.07) is 6.37. The quantitative estimate of drug-likeness (QED) is 0.875. The van der Waals surface area contributed by atoms with Crippen molar-refractivity contribution in [2.45, 2.75) is 46.2 Å². The van der Waals surface area contributed by atoms with Crippen molar-refractivity contribution in [2.75, 3.05) is 6.54 Å². The highest BCUT2D eigenvalue weighted by molar-refractivity contribution is 6.35. The summed E-state index contributed by atoms with van der Waals surface area (Å²) in [6.07, 6.45) is 2.01. The number of nitrogens with zero attached hydrogens (tertiary/aromatic N) is 2. The second kappa shape index (κ2) is 6.40. The molecule has 0 saturated heterocycles. The SMILES string of the molecule is CCCn1c(CC(C)NCC)nc2cccc(Cl)c21. The van der Waals surface area contributed by atoms with Crippen molar-refractivity contribution in [3.8, 4) is 0 Å².